The minimum Gasteiger partial charge on any atom is -0.508 e. The fraction of sp³-hybridized carbons (Fsp3) is 0.176. The van der Waals surface area contributed by atoms with Gasteiger partial charge < -0.3 is 14.6 Å². The lowest BCUT2D eigenvalue weighted by molar-refractivity contribution is 0.288. The zero-order valence-electron chi connectivity index (χ0n) is 11.0. The zero-order valence-corrected chi connectivity index (χ0v) is 11.0. The van der Waals surface area contributed by atoms with Crippen LogP contribution in [0.15, 0.2) is 52.9 Å². The van der Waals surface area contributed by atoms with Crippen LogP contribution in [0, 0.1) is 0 Å². The molecule has 20 heavy (non-hydrogen) atoms. The van der Waals surface area contributed by atoms with Gasteiger partial charge in [-0.15, -0.1) is 0 Å². The van der Waals surface area contributed by atoms with E-state index in [2.05, 4.69) is 12.1 Å². The van der Waals surface area contributed by atoms with Crippen molar-refractivity contribution >= 4 is 11.0 Å². The van der Waals surface area contributed by atoms with E-state index in [1.54, 1.807) is 12.1 Å². The third-order valence-corrected chi connectivity index (χ3v) is 3.37. The summed E-state index contributed by atoms with van der Waals surface area (Å²) in [5.41, 5.74) is 2.90. The van der Waals surface area contributed by atoms with E-state index in [1.165, 1.54) is 5.56 Å². The molecule has 1 aromatic heterocycles. The normalized spacial score (nSPS) is 11.1. The minimum atomic E-state index is 0.206. The highest BCUT2D eigenvalue weighted by Gasteiger charge is 2.06. The summed E-state index contributed by atoms with van der Waals surface area (Å²) < 4.78 is 5.76. The van der Waals surface area contributed by atoms with Crippen molar-refractivity contribution in [2.45, 2.75) is 12.8 Å². The fourth-order valence-corrected chi connectivity index (χ4v) is 2.28. The lowest BCUT2D eigenvalue weighted by atomic mass is 10.1. The number of hydrogen-bond acceptors (Lipinski definition) is 3. The van der Waals surface area contributed by atoms with Crippen LogP contribution in [0.3, 0.4) is 0 Å². The van der Waals surface area contributed by atoms with Gasteiger partial charge in [-0.3, -0.25) is 0 Å². The second-order valence-electron chi connectivity index (χ2n) is 4.86. The van der Waals surface area contributed by atoms with E-state index in [1.807, 2.05) is 24.3 Å². The molecular formula is C17H16O3. The van der Waals surface area contributed by atoms with Crippen LogP contribution in [-0.4, -0.2) is 16.8 Å². The van der Waals surface area contributed by atoms with Crippen molar-refractivity contribution < 1.29 is 14.6 Å². The van der Waals surface area contributed by atoms with Gasteiger partial charge in [0.15, 0.2) is 0 Å². The molecule has 3 heteroatoms. The van der Waals surface area contributed by atoms with Crippen molar-refractivity contribution in [3.05, 3.63) is 54.1 Å². The average Bonchev–Trinajstić information content (AvgIpc) is 2.88. The van der Waals surface area contributed by atoms with Gasteiger partial charge in [-0.25, -0.2) is 0 Å². The monoisotopic (exact) mass is 268 g/mol. The van der Waals surface area contributed by atoms with Gasteiger partial charge in [-0.1, -0.05) is 24.3 Å². The smallest absolute Gasteiger partial charge is 0.138 e. The van der Waals surface area contributed by atoms with Crippen LogP contribution >= 0.6 is 0 Å². The number of rotatable bonds is 4. The molecule has 3 rings (SSSR count). The number of furan rings is 1. The molecule has 0 saturated carbocycles. The van der Waals surface area contributed by atoms with E-state index in [-0.39, 0.29) is 12.4 Å². The molecule has 0 radical (unpaired) electrons. The summed E-state index contributed by atoms with van der Waals surface area (Å²) in [6.07, 6.45) is 1.66. The minimum absolute atomic E-state index is 0.206. The first-order valence-corrected chi connectivity index (χ1v) is 6.69. The molecule has 0 unspecified atom stereocenters. The van der Waals surface area contributed by atoms with Crippen molar-refractivity contribution in [2.75, 3.05) is 6.61 Å². The van der Waals surface area contributed by atoms with Crippen molar-refractivity contribution in [3.63, 3.8) is 0 Å². The topological polar surface area (TPSA) is 53.6 Å². The molecule has 0 fully saturated rings. The Morgan fingerprint density at radius 1 is 0.950 bits per heavy atom. The van der Waals surface area contributed by atoms with E-state index >= 15 is 0 Å². The number of phenolic OH excluding ortho intramolecular Hbond substituents is 1. The third kappa shape index (κ3) is 2.53. The number of phenols is 1. The van der Waals surface area contributed by atoms with Gasteiger partial charge in [-0.2, -0.15) is 0 Å². The Kier molecular flexibility index (Phi) is 3.44. The summed E-state index contributed by atoms with van der Waals surface area (Å²) in [6.45, 7) is 0.217. The van der Waals surface area contributed by atoms with Crippen LogP contribution < -0.4 is 0 Å². The molecule has 0 bridgehead atoms. The Balaban J connectivity index is 1.90. The van der Waals surface area contributed by atoms with Gasteiger partial charge in [0, 0.05) is 23.6 Å². The Hall–Kier alpha value is -2.26. The Morgan fingerprint density at radius 2 is 1.75 bits per heavy atom. The van der Waals surface area contributed by atoms with Gasteiger partial charge in [0.1, 0.15) is 17.1 Å². The highest BCUT2D eigenvalue weighted by Crippen LogP contribution is 2.30. The number of benzene rings is 2. The van der Waals surface area contributed by atoms with Crippen molar-refractivity contribution in [3.8, 4) is 17.1 Å². The number of aromatic hydroxyl groups is 1. The first kappa shape index (κ1) is 12.8. The fourth-order valence-electron chi connectivity index (χ4n) is 2.28. The number of hydrogen-bond donors (Lipinski definition) is 2. The van der Waals surface area contributed by atoms with Crippen LogP contribution in [0.1, 0.15) is 12.0 Å². The summed E-state index contributed by atoms with van der Waals surface area (Å²) in [5.74, 6) is 0.997. The molecule has 0 saturated heterocycles. The second-order valence-corrected chi connectivity index (χ2v) is 4.86. The quantitative estimate of drug-likeness (QED) is 0.758. The van der Waals surface area contributed by atoms with E-state index in [9.17, 15) is 5.11 Å². The highest BCUT2D eigenvalue weighted by atomic mass is 16.3. The molecule has 3 aromatic rings. The van der Waals surface area contributed by atoms with Gasteiger partial charge in [0.2, 0.25) is 0 Å². The van der Waals surface area contributed by atoms with Crippen LogP contribution in [-0.2, 0) is 6.42 Å². The lowest BCUT2D eigenvalue weighted by Crippen LogP contribution is -1.88. The maximum Gasteiger partial charge on any atom is 0.138 e. The van der Waals surface area contributed by atoms with Gasteiger partial charge in [0.05, 0.1) is 0 Å². The van der Waals surface area contributed by atoms with E-state index in [0.717, 1.165) is 29.6 Å². The largest absolute Gasteiger partial charge is 0.508 e. The molecule has 1 heterocycles. The number of fused-ring (bicyclic) bond motifs is 1. The van der Waals surface area contributed by atoms with Crippen LogP contribution in [0.5, 0.6) is 5.75 Å². The summed E-state index contributed by atoms with van der Waals surface area (Å²) in [7, 11) is 0. The first-order valence-electron chi connectivity index (χ1n) is 6.69. The molecule has 0 aliphatic rings. The Labute approximate surface area is 117 Å². The molecule has 0 amide bonds. The number of aliphatic hydroxyl groups is 1. The molecule has 2 N–H and O–H groups in total. The van der Waals surface area contributed by atoms with Crippen LogP contribution in [0.25, 0.3) is 22.3 Å². The highest BCUT2D eigenvalue weighted by molar-refractivity contribution is 5.83. The summed E-state index contributed by atoms with van der Waals surface area (Å²) >= 11 is 0. The third-order valence-electron chi connectivity index (χ3n) is 3.37. The zero-order chi connectivity index (χ0) is 13.9. The van der Waals surface area contributed by atoms with Gasteiger partial charge >= 0.3 is 0 Å². The molecule has 0 aliphatic heterocycles. The molecule has 2 aromatic carbocycles. The van der Waals surface area contributed by atoms with Gasteiger partial charge in [0.25, 0.3) is 0 Å². The predicted molar refractivity (Wildman–Crippen MR) is 78.7 cm³/mol. The Bertz CT molecular complexity index is 711. The number of aliphatic hydroxyl groups excluding tert-OH is 1. The van der Waals surface area contributed by atoms with Crippen molar-refractivity contribution in [1.29, 1.82) is 0 Å². The van der Waals surface area contributed by atoms with E-state index < -0.39 is 0 Å². The molecule has 0 atom stereocenters. The summed E-state index contributed by atoms with van der Waals surface area (Å²) in [4.78, 5) is 0. The van der Waals surface area contributed by atoms with Crippen LogP contribution in [0.2, 0.25) is 0 Å². The van der Waals surface area contributed by atoms with Crippen LogP contribution in [0.4, 0.5) is 0 Å². The molecule has 0 aliphatic carbocycles. The van der Waals surface area contributed by atoms with E-state index in [4.69, 9.17) is 9.52 Å². The molecule has 102 valence electrons. The first-order chi connectivity index (χ1) is 9.76. The van der Waals surface area contributed by atoms with Crippen molar-refractivity contribution in [2.24, 2.45) is 0 Å². The summed E-state index contributed by atoms with van der Waals surface area (Å²) in [6, 6.07) is 15.2. The second kappa shape index (κ2) is 5.39. The van der Waals surface area contributed by atoms with Gasteiger partial charge in [-0.05, 0) is 36.6 Å². The lowest BCUT2D eigenvalue weighted by Gasteiger charge is -2.01. The number of aryl methyl sites for hydroxylation is 1. The molecule has 0 spiro atoms. The SMILES string of the molecule is OCCCc1ccc(-c2cc3ccc(O)cc3o2)cc1. The summed E-state index contributed by atoms with van der Waals surface area (Å²) in [5, 5.41) is 19.3. The molecular weight excluding hydrogens is 252 g/mol. The standard InChI is InChI=1S/C17H16O3/c18-9-1-2-12-3-5-13(6-4-12)16-10-14-7-8-15(19)11-17(14)20-16/h3-8,10-11,18-19H,1-2,9H2. The predicted octanol–water partition coefficient (Wildman–Crippen LogP) is 3.73. The Morgan fingerprint density at radius 3 is 2.50 bits per heavy atom. The van der Waals surface area contributed by atoms with E-state index in [0.29, 0.717) is 5.58 Å². The molecule has 3 nitrogen and oxygen atoms in total. The van der Waals surface area contributed by atoms with Crippen molar-refractivity contribution in [1.82, 2.24) is 0 Å². The maximum atomic E-state index is 9.45. The average molecular weight is 268 g/mol. The maximum absolute atomic E-state index is 9.45.